The second-order valence-electron chi connectivity index (χ2n) is 5.32. The van der Waals surface area contributed by atoms with Gasteiger partial charge in [0.15, 0.2) is 0 Å². The lowest BCUT2D eigenvalue weighted by atomic mass is 10.0. The summed E-state index contributed by atoms with van der Waals surface area (Å²) in [5.74, 6) is -0.131. The summed E-state index contributed by atoms with van der Waals surface area (Å²) in [5, 5.41) is 3.32. The van der Waals surface area contributed by atoms with Gasteiger partial charge in [0.25, 0.3) is 0 Å². The third-order valence-corrected chi connectivity index (χ3v) is 3.84. The van der Waals surface area contributed by atoms with Gasteiger partial charge in [-0.3, -0.25) is 4.90 Å². The third kappa shape index (κ3) is 3.75. The fourth-order valence-electron chi connectivity index (χ4n) is 2.34. The van der Waals surface area contributed by atoms with Crippen molar-refractivity contribution in [3.8, 4) is 0 Å². The van der Waals surface area contributed by atoms with Crippen LogP contribution in [0, 0.1) is 12.7 Å². The molecule has 0 radical (unpaired) electrons. The van der Waals surface area contributed by atoms with E-state index in [0.717, 1.165) is 31.8 Å². The number of benzene rings is 1. The van der Waals surface area contributed by atoms with E-state index < -0.39 is 0 Å². The van der Waals surface area contributed by atoms with Crippen LogP contribution in [0.4, 0.5) is 4.39 Å². The van der Waals surface area contributed by atoms with E-state index in [2.05, 4.69) is 24.2 Å². The molecule has 3 nitrogen and oxygen atoms in total. The highest BCUT2D eigenvalue weighted by Crippen LogP contribution is 2.21. The highest BCUT2D eigenvalue weighted by Gasteiger charge is 2.19. The fraction of sp³-hybridized carbons (Fsp3) is 0.600. The zero-order chi connectivity index (χ0) is 13.8. The largest absolute Gasteiger partial charge is 0.374 e. The number of hydrogen-bond donors (Lipinski definition) is 1. The lowest BCUT2D eigenvalue weighted by Crippen LogP contribution is -2.44. The second-order valence-corrected chi connectivity index (χ2v) is 5.32. The van der Waals surface area contributed by atoms with Gasteiger partial charge >= 0.3 is 0 Å². The minimum Gasteiger partial charge on any atom is -0.374 e. The zero-order valence-corrected chi connectivity index (χ0v) is 11.9. The highest BCUT2D eigenvalue weighted by atomic mass is 19.1. The van der Waals surface area contributed by atoms with Crippen LogP contribution in [0.3, 0.4) is 0 Å². The zero-order valence-electron chi connectivity index (χ0n) is 11.9. The number of likely N-dealkylation sites (N-methyl/N-ethyl adjacent to an activating group) is 1. The first-order chi connectivity index (χ1) is 9.08. The van der Waals surface area contributed by atoms with Gasteiger partial charge < -0.3 is 10.1 Å². The van der Waals surface area contributed by atoms with E-state index in [9.17, 15) is 4.39 Å². The molecule has 2 unspecified atom stereocenters. The maximum atomic E-state index is 13.6. The van der Waals surface area contributed by atoms with Crippen molar-refractivity contribution in [2.45, 2.75) is 26.0 Å². The molecular weight excluding hydrogens is 243 g/mol. The third-order valence-electron chi connectivity index (χ3n) is 3.84. The molecule has 0 spiro atoms. The van der Waals surface area contributed by atoms with Crippen LogP contribution in [-0.4, -0.2) is 44.3 Å². The number of nitrogens with one attached hydrogen (secondary N) is 1. The molecule has 1 fully saturated rings. The van der Waals surface area contributed by atoms with Gasteiger partial charge in [-0.2, -0.15) is 0 Å². The maximum absolute atomic E-state index is 13.6. The molecular formula is C15H23FN2O. The molecule has 19 heavy (non-hydrogen) atoms. The van der Waals surface area contributed by atoms with Crippen molar-refractivity contribution in [2.24, 2.45) is 0 Å². The smallest absolute Gasteiger partial charge is 0.126 e. The monoisotopic (exact) mass is 266 g/mol. The van der Waals surface area contributed by atoms with Gasteiger partial charge in [0.2, 0.25) is 0 Å². The summed E-state index contributed by atoms with van der Waals surface area (Å²) in [7, 11) is 2.06. The molecule has 0 aromatic heterocycles. The predicted octanol–water partition coefficient (Wildman–Crippen LogP) is 2.12. The summed E-state index contributed by atoms with van der Waals surface area (Å²) in [5.41, 5.74) is 1.70. The Hall–Kier alpha value is -0.970. The minimum absolute atomic E-state index is 0.131. The molecule has 0 aliphatic carbocycles. The molecule has 106 valence electrons. The molecule has 1 saturated heterocycles. The summed E-state index contributed by atoms with van der Waals surface area (Å²) >= 11 is 0. The molecule has 1 aromatic rings. The van der Waals surface area contributed by atoms with Crippen LogP contribution in [-0.2, 0) is 4.74 Å². The summed E-state index contributed by atoms with van der Waals surface area (Å²) in [6, 6.07) is 5.66. The molecule has 1 aliphatic rings. The molecule has 1 heterocycles. The van der Waals surface area contributed by atoms with Crippen LogP contribution in [0.2, 0.25) is 0 Å². The number of rotatable bonds is 4. The Balaban J connectivity index is 1.97. The Labute approximate surface area is 114 Å². The molecule has 0 saturated carbocycles. The van der Waals surface area contributed by atoms with E-state index >= 15 is 0 Å². The van der Waals surface area contributed by atoms with Crippen molar-refractivity contribution < 1.29 is 9.13 Å². The standard InChI is InChI=1S/C15H23FN2O/c1-11-4-5-13(8-15(11)16)12(2)18(3)10-14-9-17-6-7-19-14/h4-5,8,12,14,17H,6-7,9-10H2,1-3H3. The van der Waals surface area contributed by atoms with E-state index in [4.69, 9.17) is 4.74 Å². The summed E-state index contributed by atoms with van der Waals surface area (Å²) < 4.78 is 19.3. The van der Waals surface area contributed by atoms with Gasteiger partial charge in [-0.25, -0.2) is 4.39 Å². The van der Waals surface area contributed by atoms with E-state index in [0.29, 0.717) is 5.56 Å². The van der Waals surface area contributed by atoms with Crippen molar-refractivity contribution in [3.05, 3.63) is 35.1 Å². The normalized spacial score (nSPS) is 21.6. The number of hydrogen-bond acceptors (Lipinski definition) is 3. The Bertz CT molecular complexity index is 419. The molecule has 2 rings (SSSR count). The van der Waals surface area contributed by atoms with Gasteiger partial charge in [-0.15, -0.1) is 0 Å². The second kappa shape index (κ2) is 6.46. The van der Waals surface area contributed by atoms with E-state index in [1.54, 1.807) is 13.0 Å². The molecule has 4 heteroatoms. The number of nitrogens with zero attached hydrogens (tertiary/aromatic N) is 1. The van der Waals surface area contributed by atoms with Gasteiger partial charge in [0, 0.05) is 25.7 Å². The molecule has 0 amide bonds. The van der Waals surface area contributed by atoms with Gasteiger partial charge in [0.05, 0.1) is 12.7 Å². The van der Waals surface area contributed by atoms with Crippen LogP contribution in [0.15, 0.2) is 18.2 Å². The van der Waals surface area contributed by atoms with Crippen molar-refractivity contribution in [3.63, 3.8) is 0 Å². The molecule has 1 N–H and O–H groups in total. The average molecular weight is 266 g/mol. The van der Waals surface area contributed by atoms with Gasteiger partial charge in [0.1, 0.15) is 5.82 Å². The average Bonchev–Trinajstić information content (AvgIpc) is 2.42. The summed E-state index contributed by atoms with van der Waals surface area (Å²) in [6.07, 6.45) is 0.219. The maximum Gasteiger partial charge on any atom is 0.126 e. The van der Waals surface area contributed by atoms with Crippen molar-refractivity contribution in [2.75, 3.05) is 33.3 Å². The minimum atomic E-state index is -0.131. The van der Waals surface area contributed by atoms with Gasteiger partial charge in [-0.1, -0.05) is 12.1 Å². The first-order valence-electron chi connectivity index (χ1n) is 6.86. The van der Waals surface area contributed by atoms with Gasteiger partial charge in [-0.05, 0) is 38.1 Å². The van der Waals surface area contributed by atoms with Crippen LogP contribution >= 0.6 is 0 Å². The summed E-state index contributed by atoms with van der Waals surface area (Å²) in [4.78, 5) is 2.21. The lowest BCUT2D eigenvalue weighted by molar-refractivity contribution is 0.00392. The quantitative estimate of drug-likeness (QED) is 0.903. The highest BCUT2D eigenvalue weighted by molar-refractivity contribution is 5.25. The SMILES string of the molecule is Cc1ccc(C(C)N(C)CC2CNCCO2)cc1F. The lowest BCUT2D eigenvalue weighted by Gasteiger charge is -2.31. The van der Waals surface area contributed by atoms with Crippen molar-refractivity contribution in [1.82, 2.24) is 10.2 Å². The Morgan fingerprint density at radius 3 is 2.95 bits per heavy atom. The number of morpholine rings is 1. The molecule has 2 atom stereocenters. The Morgan fingerprint density at radius 2 is 2.32 bits per heavy atom. The topological polar surface area (TPSA) is 24.5 Å². The van der Waals surface area contributed by atoms with Crippen LogP contribution < -0.4 is 5.32 Å². The molecule has 0 bridgehead atoms. The van der Waals surface area contributed by atoms with Crippen LogP contribution in [0.25, 0.3) is 0 Å². The number of halogens is 1. The van der Waals surface area contributed by atoms with Crippen molar-refractivity contribution >= 4 is 0 Å². The Morgan fingerprint density at radius 1 is 1.53 bits per heavy atom. The number of ether oxygens (including phenoxy) is 1. The van der Waals surface area contributed by atoms with Crippen LogP contribution in [0.5, 0.6) is 0 Å². The first kappa shape index (κ1) is 14.4. The van der Waals surface area contributed by atoms with Crippen molar-refractivity contribution in [1.29, 1.82) is 0 Å². The van der Waals surface area contributed by atoms with Crippen LogP contribution in [0.1, 0.15) is 24.1 Å². The molecule has 1 aliphatic heterocycles. The number of aryl methyl sites for hydroxylation is 1. The van der Waals surface area contributed by atoms with E-state index in [1.807, 2.05) is 12.1 Å². The fourth-order valence-corrected chi connectivity index (χ4v) is 2.34. The summed E-state index contributed by atoms with van der Waals surface area (Å²) in [6.45, 7) is 7.32. The first-order valence-corrected chi connectivity index (χ1v) is 6.86. The van der Waals surface area contributed by atoms with E-state index in [-0.39, 0.29) is 18.0 Å². The molecule has 1 aromatic carbocycles. The Kier molecular flexibility index (Phi) is 4.91. The predicted molar refractivity (Wildman–Crippen MR) is 74.8 cm³/mol. The van der Waals surface area contributed by atoms with E-state index in [1.165, 1.54) is 0 Å².